The molecule has 4 amide bonds. The number of nitrogens with zero attached hydrogens (tertiary/aromatic N) is 3. The number of hydrogen-bond donors (Lipinski definition) is 3. The van der Waals surface area contributed by atoms with Crippen LogP contribution in [-0.2, 0) is 151 Å². The lowest BCUT2D eigenvalue weighted by Crippen LogP contribution is -2.34. The van der Waals surface area contributed by atoms with Gasteiger partial charge in [0.05, 0.1) is 348 Å². The lowest BCUT2D eigenvalue weighted by molar-refractivity contribution is -0.138. The van der Waals surface area contributed by atoms with Gasteiger partial charge in [0.1, 0.15) is 0 Å². The molecular formula is C93H139N5O30. The quantitative estimate of drug-likeness (QED) is 0.0393. The van der Waals surface area contributed by atoms with E-state index in [4.69, 9.17) is 119 Å². The van der Waals surface area contributed by atoms with E-state index in [1.807, 2.05) is 97.1 Å². The summed E-state index contributed by atoms with van der Waals surface area (Å²) in [6.45, 7) is 23.6. The van der Waals surface area contributed by atoms with E-state index in [1.165, 1.54) is 0 Å². The number of para-hydroxylation sites is 2. The number of anilines is 2. The molecule has 0 saturated carbocycles. The smallest absolute Gasteiger partial charge is 0.305 e. The van der Waals surface area contributed by atoms with Crippen molar-refractivity contribution in [1.82, 2.24) is 15.5 Å². The molecule has 6 rings (SSSR count). The molecule has 0 saturated heterocycles. The molecule has 0 spiro atoms. The SMILES string of the molecule is O=C(O)CCOCCOCCOCCOCCOCCOCCOCCOCCN(CCOCCOCCOCCOCCOCCOCCOCCOCCNC(=O)CCC(=O)N1Cc2ccccc2C#Cc2ccccc21)CCOCCOCCOCCOCCOCCOCCOCCOCCNC(=O)CCC(=O)N1Cc2ccccc2C#Cc2ccccc21. The predicted octanol–water partition coefficient (Wildman–Crippen LogP) is 4.85. The Labute approximate surface area is 754 Å². The lowest BCUT2D eigenvalue weighted by atomic mass is 10.0. The number of carbonyl (C=O) groups excluding carboxylic acids is 4. The first-order valence-electron chi connectivity index (χ1n) is 44.6. The summed E-state index contributed by atoms with van der Waals surface area (Å²) in [5.41, 5.74) is 6.71. The third kappa shape index (κ3) is 56.8. The molecule has 0 aliphatic carbocycles. The second kappa shape index (κ2) is 78.1. The maximum absolute atomic E-state index is 13.4. The number of fused-ring (bicyclic) bond motifs is 4. The van der Waals surface area contributed by atoms with Crippen molar-refractivity contribution in [3.63, 3.8) is 0 Å². The summed E-state index contributed by atoms with van der Waals surface area (Å²) in [6.07, 6.45) is 0.244. The number of carbonyl (C=O) groups is 5. The predicted molar refractivity (Wildman–Crippen MR) is 473 cm³/mol. The van der Waals surface area contributed by atoms with Gasteiger partial charge in [0, 0.05) is 80.7 Å². The van der Waals surface area contributed by atoms with Gasteiger partial charge >= 0.3 is 5.97 Å². The standard InChI is InChI=1S/C93H139N5O30/c99-89(21-23-91(101)97-79-85-13-3-1-9-81(85)17-19-83-11-5-7-15-87(83)97)94-26-32-106-38-44-112-50-56-118-62-68-124-74-77-127-71-65-121-59-53-115-47-41-109-35-29-96(28-34-108-40-46-114-52-58-120-64-70-126-76-73-123-67-61-117-55-49-111-43-37-105-31-25-93(103)104)30-36-110-42-48-116-54-60-122-66-72-128-78-75-125-69-63-119-57-51-113-45-39-107-33-27-95-90(100)22-24-92(102)98-80-86-14-4-2-10-82(86)18-20-84-12-6-8-16-88(84)98/h1-16H,21-80H2,(H,94,99)(H,95,100)(H,103,104). The Bertz CT molecular complexity index is 3430. The van der Waals surface area contributed by atoms with Crippen LogP contribution in [0, 0.1) is 23.7 Å². The average Bonchev–Trinajstić information content (AvgIpc) is 0.809. The van der Waals surface area contributed by atoms with Gasteiger partial charge in [-0.25, -0.2) is 0 Å². The summed E-state index contributed by atoms with van der Waals surface area (Å²) in [5, 5.41) is 14.3. The molecule has 2 aliphatic rings. The van der Waals surface area contributed by atoms with E-state index in [0.29, 0.717) is 356 Å². The Balaban J connectivity index is 0.667. The van der Waals surface area contributed by atoms with Crippen molar-refractivity contribution in [3.05, 3.63) is 130 Å². The van der Waals surface area contributed by atoms with Crippen LogP contribution in [-0.4, -0.2) is 389 Å². The van der Waals surface area contributed by atoms with Crippen LogP contribution in [0.2, 0.25) is 0 Å². The minimum absolute atomic E-state index is 0.0255. The van der Waals surface area contributed by atoms with Crippen molar-refractivity contribution in [1.29, 1.82) is 0 Å². The van der Waals surface area contributed by atoms with E-state index >= 15 is 0 Å². The summed E-state index contributed by atoms with van der Waals surface area (Å²) in [7, 11) is 0. The van der Waals surface area contributed by atoms with Crippen LogP contribution >= 0.6 is 0 Å². The Morgan fingerprint density at radius 2 is 0.453 bits per heavy atom. The number of ether oxygens (including phenoxy) is 24. The number of hydrogen-bond acceptors (Lipinski definition) is 30. The summed E-state index contributed by atoms with van der Waals surface area (Å²) >= 11 is 0. The summed E-state index contributed by atoms with van der Waals surface area (Å²) < 4.78 is 135. The summed E-state index contributed by atoms with van der Waals surface area (Å²) in [6, 6.07) is 30.7. The van der Waals surface area contributed by atoms with Crippen LogP contribution in [0.1, 0.15) is 65.5 Å². The van der Waals surface area contributed by atoms with Crippen LogP contribution in [0.5, 0.6) is 0 Å². The molecule has 3 N–H and O–H groups in total. The van der Waals surface area contributed by atoms with Crippen molar-refractivity contribution >= 4 is 41.0 Å². The van der Waals surface area contributed by atoms with Gasteiger partial charge in [0.25, 0.3) is 0 Å². The van der Waals surface area contributed by atoms with E-state index in [0.717, 1.165) is 44.8 Å². The van der Waals surface area contributed by atoms with E-state index in [1.54, 1.807) is 9.80 Å². The summed E-state index contributed by atoms with van der Waals surface area (Å²) in [5.74, 6) is 11.2. The van der Waals surface area contributed by atoms with Gasteiger partial charge in [-0.2, -0.15) is 0 Å². The van der Waals surface area contributed by atoms with Gasteiger partial charge in [-0.1, -0.05) is 84.3 Å². The van der Waals surface area contributed by atoms with E-state index in [2.05, 4.69) is 39.2 Å². The third-order valence-corrected chi connectivity index (χ3v) is 18.5. The minimum atomic E-state index is -0.891. The van der Waals surface area contributed by atoms with Crippen LogP contribution in [0.3, 0.4) is 0 Å². The molecule has 4 aromatic carbocycles. The first-order valence-corrected chi connectivity index (χ1v) is 44.6. The molecule has 716 valence electrons. The van der Waals surface area contributed by atoms with Crippen molar-refractivity contribution in [2.24, 2.45) is 0 Å². The average molecular weight is 1810 g/mol. The van der Waals surface area contributed by atoms with Gasteiger partial charge in [0.15, 0.2) is 0 Å². The lowest BCUT2D eigenvalue weighted by Gasteiger charge is -2.26. The molecule has 35 nitrogen and oxygen atoms in total. The molecule has 0 bridgehead atoms. The van der Waals surface area contributed by atoms with Crippen LogP contribution in [0.25, 0.3) is 0 Å². The highest BCUT2D eigenvalue weighted by Crippen LogP contribution is 2.28. The maximum atomic E-state index is 13.4. The third-order valence-electron chi connectivity index (χ3n) is 18.5. The first kappa shape index (κ1) is 109. The topological polar surface area (TPSA) is 361 Å². The zero-order valence-electron chi connectivity index (χ0n) is 74.8. The van der Waals surface area contributed by atoms with Crippen LogP contribution in [0.4, 0.5) is 11.4 Å². The van der Waals surface area contributed by atoms with Crippen molar-refractivity contribution < 1.29 is 143 Å². The number of nitrogens with one attached hydrogen (secondary N) is 2. The van der Waals surface area contributed by atoms with Gasteiger partial charge in [-0.15, -0.1) is 0 Å². The highest BCUT2D eigenvalue weighted by atomic mass is 16.6. The fraction of sp³-hybridized carbons (Fsp3) is 0.645. The normalized spacial score (nSPS) is 12.1. The Morgan fingerprint density at radius 3 is 0.703 bits per heavy atom. The Kier molecular flexibility index (Phi) is 66.5. The Morgan fingerprint density at radius 1 is 0.250 bits per heavy atom. The van der Waals surface area contributed by atoms with Crippen molar-refractivity contribution in [2.75, 3.05) is 360 Å². The molecule has 4 aromatic rings. The fourth-order valence-corrected chi connectivity index (χ4v) is 11.8. The highest BCUT2D eigenvalue weighted by molar-refractivity contribution is 5.98. The second-order valence-electron chi connectivity index (χ2n) is 28.2. The molecule has 2 heterocycles. The maximum Gasteiger partial charge on any atom is 0.305 e. The van der Waals surface area contributed by atoms with E-state index in [-0.39, 0.29) is 62.3 Å². The molecule has 0 radical (unpaired) electrons. The minimum Gasteiger partial charge on any atom is -0.481 e. The molecule has 0 fully saturated rings. The zero-order chi connectivity index (χ0) is 90.2. The van der Waals surface area contributed by atoms with Gasteiger partial charge in [0.2, 0.25) is 23.6 Å². The van der Waals surface area contributed by atoms with Crippen molar-refractivity contribution in [3.8, 4) is 23.7 Å². The Hall–Kier alpha value is -7.65. The number of carboxylic acids is 1. The second-order valence-corrected chi connectivity index (χ2v) is 28.2. The van der Waals surface area contributed by atoms with Gasteiger partial charge in [-0.3, -0.25) is 28.9 Å². The highest BCUT2D eigenvalue weighted by Gasteiger charge is 2.24. The molecule has 0 aromatic heterocycles. The molecule has 0 unspecified atom stereocenters. The van der Waals surface area contributed by atoms with Gasteiger partial charge < -0.3 is 139 Å². The number of amides is 4. The zero-order valence-corrected chi connectivity index (χ0v) is 74.8. The number of rotatable bonds is 87. The van der Waals surface area contributed by atoms with Crippen LogP contribution < -0.4 is 20.4 Å². The molecular weight excluding hydrogens is 1670 g/mol. The van der Waals surface area contributed by atoms with E-state index in [9.17, 15) is 24.0 Å². The monoisotopic (exact) mass is 1810 g/mol. The van der Waals surface area contributed by atoms with E-state index < -0.39 is 5.97 Å². The van der Waals surface area contributed by atoms with Crippen LogP contribution in [0.15, 0.2) is 97.1 Å². The van der Waals surface area contributed by atoms with Gasteiger partial charge in [-0.05, 0) is 47.5 Å². The molecule has 128 heavy (non-hydrogen) atoms. The summed E-state index contributed by atoms with van der Waals surface area (Å²) in [4.78, 5) is 68.2. The largest absolute Gasteiger partial charge is 0.481 e. The fourth-order valence-electron chi connectivity index (χ4n) is 11.8. The number of aliphatic carboxylic acids is 1. The number of carboxylic acid groups (broad SMARTS) is 1. The van der Waals surface area contributed by atoms with Crippen molar-refractivity contribution in [2.45, 2.75) is 45.2 Å². The number of benzene rings is 4. The molecule has 0 atom stereocenters. The molecule has 35 heteroatoms. The molecule has 2 aliphatic heterocycles. The first-order chi connectivity index (χ1) is 63.2.